The Bertz CT molecular complexity index is 931. The first-order valence-corrected chi connectivity index (χ1v) is 8.55. The zero-order valence-electron chi connectivity index (χ0n) is 15.9. The Labute approximate surface area is 163 Å². The zero-order chi connectivity index (χ0) is 21.7. The van der Waals surface area contributed by atoms with E-state index in [4.69, 9.17) is 9.31 Å². The van der Waals surface area contributed by atoms with E-state index in [1.165, 1.54) is 24.3 Å². The Morgan fingerprint density at radius 2 is 1.21 bits per heavy atom. The molecule has 10 heteroatoms. The molecule has 0 amide bonds. The summed E-state index contributed by atoms with van der Waals surface area (Å²) in [5.41, 5.74) is -0.770. The Kier molecular flexibility index (Phi) is 5.21. The lowest BCUT2D eigenvalue weighted by Gasteiger charge is -2.32. The zero-order valence-corrected chi connectivity index (χ0v) is 15.9. The second-order valence-corrected chi connectivity index (χ2v) is 7.50. The molecule has 2 aromatic rings. The van der Waals surface area contributed by atoms with Crippen LogP contribution in [-0.2, 0) is 9.31 Å². The normalized spacial score (nSPS) is 17.5. The molecule has 0 bridgehead atoms. The molecule has 0 saturated carbocycles. The molecule has 0 unspecified atom stereocenters. The van der Waals surface area contributed by atoms with Crippen molar-refractivity contribution in [2.75, 3.05) is 0 Å². The smallest absolute Gasteiger partial charge is 0.416 e. The van der Waals surface area contributed by atoms with E-state index in [1.807, 2.05) is 27.7 Å². The van der Waals surface area contributed by atoms with E-state index in [9.17, 15) is 26.7 Å². The van der Waals surface area contributed by atoms with Gasteiger partial charge in [-0.05, 0) is 45.3 Å². The molecule has 0 atom stereocenters. The average molecular weight is 414 g/mol. The number of hydrogen-bond donors (Lipinski definition) is 0. The Hall–Kier alpha value is -2.46. The molecule has 0 N–H and O–H groups in total. The minimum absolute atomic E-state index is 0.172. The minimum atomic E-state index is -2.34. The van der Waals surface area contributed by atoms with Gasteiger partial charge in [-0.1, -0.05) is 12.1 Å². The fourth-order valence-electron chi connectivity index (χ4n) is 2.58. The van der Waals surface area contributed by atoms with Gasteiger partial charge < -0.3 is 14.0 Å². The summed E-state index contributed by atoms with van der Waals surface area (Å²) >= 11 is 0. The molecule has 4 nitrogen and oxygen atoms in total. The van der Waals surface area contributed by atoms with Gasteiger partial charge in [0.1, 0.15) is 0 Å². The van der Waals surface area contributed by atoms with E-state index in [0.717, 1.165) is 0 Å². The number of esters is 1. The van der Waals surface area contributed by atoms with Crippen LogP contribution in [0.3, 0.4) is 0 Å². The van der Waals surface area contributed by atoms with Crippen LogP contribution in [0.25, 0.3) is 0 Å². The fourth-order valence-corrected chi connectivity index (χ4v) is 2.58. The molecule has 3 rings (SSSR count). The van der Waals surface area contributed by atoms with Crippen LogP contribution in [0.5, 0.6) is 5.75 Å². The Morgan fingerprint density at radius 1 is 0.793 bits per heavy atom. The van der Waals surface area contributed by atoms with Crippen LogP contribution in [-0.4, -0.2) is 24.3 Å². The lowest BCUT2D eigenvalue weighted by Crippen LogP contribution is -2.41. The van der Waals surface area contributed by atoms with Crippen molar-refractivity contribution in [2.45, 2.75) is 38.9 Å². The number of rotatable bonds is 3. The van der Waals surface area contributed by atoms with E-state index < -0.39 is 59.1 Å². The molecule has 29 heavy (non-hydrogen) atoms. The van der Waals surface area contributed by atoms with Gasteiger partial charge in [-0.2, -0.15) is 8.78 Å². The van der Waals surface area contributed by atoms with E-state index in [2.05, 4.69) is 4.74 Å². The van der Waals surface area contributed by atoms with Gasteiger partial charge in [-0.3, -0.25) is 0 Å². The van der Waals surface area contributed by atoms with Gasteiger partial charge in [0, 0.05) is 0 Å². The van der Waals surface area contributed by atoms with Crippen LogP contribution in [0.1, 0.15) is 38.1 Å². The van der Waals surface area contributed by atoms with Crippen LogP contribution in [0.2, 0.25) is 0 Å². The van der Waals surface area contributed by atoms with Crippen LogP contribution in [0, 0.1) is 29.1 Å². The Morgan fingerprint density at radius 3 is 1.66 bits per heavy atom. The van der Waals surface area contributed by atoms with Crippen molar-refractivity contribution in [3.05, 3.63) is 58.9 Å². The number of carbonyl (C=O) groups excluding carboxylic acids is 1. The number of benzene rings is 2. The summed E-state index contributed by atoms with van der Waals surface area (Å²) in [6, 6.07) is 5.46. The first kappa shape index (κ1) is 21.3. The molecule has 154 valence electrons. The summed E-state index contributed by atoms with van der Waals surface area (Å²) < 4.78 is 83.0. The molecule has 0 aliphatic carbocycles. The van der Waals surface area contributed by atoms with Gasteiger partial charge >= 0.3 is 13.1 Å². The molecule has 1 heterocycles. The summed E-state index contributed by atoms with van der Waals surface area (Å²) in [6.07, 6.45) is 0. The highest BCUT2D eigenvalue weighted by Gasteiger charge is 2.51. The number of carbonyl (C=O) groups is 1. The quantitative estimate of drug-likeness (QED) is 0.191. The first-order valence-electron chi connectivity index (χ1n) is 8.55. The second kappa shape index (κ2) is 7.10. The lowest BCUT2D eigenvalue weighted by atomic mass is 9.79. The van der Waals surface area contributed by atoms with Gasteiger partial charge in [-0.25, -0.2) is 18.0 Å². The summed E-state index contributed by atoms with van der Waals surface area (Å²) in [7, 11) is -0.708. The molecule has 2 aromatic carbocycles. The third-order valence-corrected chi connectivity index (χ3v) is 5.04. The third kappa shape index (κ3) is 3.62. The number of hydrogen-bond acceptors (Lipinski definition) is 4. The number of halogens is 5. The van der Waals surface area contributed by atoms with Crippen LogP contribution in [0.15, 0.2) is 24.3 Å². The van der Waals surface area contributed by atoms with Gasteiger partial charge in [0.25, 0.3) is 0 Å². The maximum absolute atomic E-state index is 13.7. The maximum Gasteiger partial charge on any atom is 0.494 e. The lowest BCUT2D eigenvalue weighted by molar-refractivity contribution is 0.00578. The summed E-state index contributed by atoms with van der Waals surface area (Å²) in [5.74, 6) is -14.2. The predicted molar refractivity (Wildman–Crippen MR) is 93.3 cm³/mol. The van der Waals surface area contributed by atoms with Crippen LogP contribution < -0.4 is 10.2 Å². The highest BCUT2D eigenvalue weighted by atomic mass is 19.2. The van der Waals surface area contributed by atoms with E-state index in [-0.39, 0.29) is 5.56 Å². The molecule has 1 aliphatic rings. The van der Waals surface area contributed by atoms with Crippen LogP contribution >= 0.6 is 0 Å². The molecule has 1 aliphatic heterocycles. The molecular weight excluding hydrogens is 398 g/mol. The molecule has 0 spiro atoms. The monoisotopic (exact) mass is 414 g/mol. The summed E-state index contributed by atoms with van der Waals surface area (Å²) in [5, 5.41) is 0. The minimum Gasteiger partial charge on any atom is -0.416 e. The van der Waals surface area contributed by atoms with Crippen molar-refractivity contribution in [3.63, 3.8) is 0 Å². The van der Waals surface area contributed by atoms with Crippen molar-refractivity contribution >= 4 is 18.6 Å². The van der Waals surface area contributed by atoms with Crippen molar-refractivity contribution in [2.24, 2.45) is 0 Å². The highest BCUT2D eigenvalue weighted by Crippen LogP contribution is 2.36. The summed E-state index contributed by atoms with van der Waals surface area (Å²) in [4.78, 5) is 12.1. The molecule has 1 fully saturated rings. The largest absolute Gasteiger partial charge is 0.494 e. The SMILES string of the molecule is CC1(C)OB(c2ccc(C(=O)Oc3c(F)c(F)c(F)c(F)c3F)cc2)OC1(C)C. The van der Waals surface area contributed by atoms with Gasteiger partial charge in [0.2, 0.25) is 34.8 Å². The third-order valence-electron chi connectivity index (χ3n) is 5.04. The highest BCUT2D eigenvalue weighted by molar-refractivity contribution is 6.62. The predicted octanol–water partition coefficient (Wildman–Crippen LogP) is 3.90. The molecule has 1 saturated heterocycles. The summed E-state index contributed by atoms with van der Waals surface area (Å²) in [6.45, 7) is 7.46. The fraction of sp³-hybridized carbons (Fsp3) is 0.316. The van der Waals surface area contributed by atoms with Gasteiger partial charge in [-0.15, -0.1) is 0 Å². The van der Waals surface area contributed by atoms with Crippen molar-refractivity contribution in [1.82, 2.24) is 0 Å². The van der Waals surface area contributed by atoms with Gasteiger partial charge in [0.15, 0.2) is 0 Å². The molecule has 0 radical (unpaired) electrons. The topological polar surface area (TPSA) is 44.8 Å². The van der Waals surface area contributed by atoms with E-state index in [0.29, 0.717) is 5.46 Å². The van der Waals surface area contributed by atoms with Gasteiger partial charge in [0.05, 0.1) is 16.8 Å². The first-order chi connectivity index (χ1) is 13.4. The van der Waals surface area contributed by atoms with E-state index in [1.54, 1.807) is 0 Å². The molecular formula is C19H16BF5O4. The van der Waals surface area contributed by atoms with Crippen LogP contribution in [0.4, 0.5) is 22.0 Å². The van der Waals surface area contributed by atoms with Crippen molar-refractivity contribution in [1.29, 1.82) is 0 Å². The Balaban J connectivity index is 1.81. The second-order valence-electron chi connectivity index (χ2n) is 7.50. The maximum atomic E-state index is 13.7. The van der Waals surface area contributed by atoms with Crippen molar-refractivity contribution in [3.8, 4) is 5.75 Å². The standard InChI is InChI=1S/C19H16BF5O4/c1-18(2)19(3,4)29-20(28-18)10-7-5-9(6-8-10)17(26)27-16-14(24)12(22)11(21)13(23)15(16)25/h5-8H,1-4H3. The number of ether oxygens (including phenoxy) is 1. The van der Waals surface area contributed by atoms with Crippen molar-refractivity contribution < 1.29 is 40.8 Å². The average Bonchev–Trinajstić information content (AvgIpc) is 2.89. The van der Waals surface area contributed by atoms with E-state index >= 15 is 0 Å². The molecule has 0 aromatic heterocycles.